The highest BCUT2D eigenvalue weighted by Crippen LogP contribution is 2.35. The summed E-state index contributed by atoms with van der Waals surface area (Å²) in [6, 6.07) is 22.6. The largest absolute Gasteiger partial charge is 0.451 e. The van der Waals surface area contributed by atoms with Gasteiger partial charge < -0.3 is 14.6 Å². The van der Waals surface area contributed by atoms with Crippen LogP contribution in [-0.2, 0) is 16.1 Å². The van der Waals surface area contributed by atoms with Crippen molar-refractivity contribution in [2.45, 2.75) is 19.5 Å². The van der Waals surface area contributed by atoms with Gasteiger partial charge in [-0.15, -0.1) is 0 Å². The maximum absolute atomic E-state index is 13.2. The Morgan fingerprint density at radius 3 is 2.38 bits per heavy atom. The summed E-state index contributed by atoms with van der Waals surface area (Å²) >= 11 is 0. The fourth-order valence-corrected chi connectivity index (χ4v) is 4.48. The van der Waals surface area contributed by atoms with Crippen molar-refractivity contribution >= 4 is 34.6 Å². The molecular formula is C28H24N4O5. The molecule has 1 aliphatic heterocycles. The van der Waals surface area contributed by atoms with Crippen molar-refractivity contribution in [3.05, 3.63) is 107 Å². The summed E-state index contributed by atoms with van der Waals surface area (Å²) in [6.07, 6.45) is 0. The van der Waals surface area contributed by atoms with Crippen LogP contribution in [0, 0.1) is 6.92 Å². The number of para-hydroxylation sites is 1. The maximum Gasteiger partial charge on any atom is 0.305 e. The SMILES string of the molecule is Cc1c(C(=O)NNC(=O)CNC(=O)[C@H]2c3ccccc3C(=O)N2Cc2ccccc2)oc2ccccc12. The van der Waals surface area contributed by atoms with Gasteiger partial charge in [0.05, 0.1) is 6.54 Å². The number of hydrogen-bond donors (Lipinski definition) is 3. The zero-order valence-corrected chi connectivity index (χ0v) is 20.0. The van der Waals surface area contributed by atoms with Gasteiger partial charge in [-0.05, 0) is 30.2 Å². The number of carbonyl (C=O) groups is 4. The maximum atomic E-state index is 13.2. The number of furan rings is 1. The van der Waals surface area contributed by atoms with E-state index in [4.69, 9.17) is 4.42 Å². The van der Waals surface area contributed by atoms with Crippen molar-refractivity contribution in [3.63, 3.8) is 0 Å². The Kier molecular flexibility index (Phi) is 6.42. The van der Waals surface area contributed by atoms with E-state index in [0.29, 0.717) is 22.3 Å². The number of hydrogen-bond acceptors (Lipinski definition) is 5. The minimum absolute atomic E-state index is 0.0863. The molecule has 1 aliphatic rings. The van der Waals surface area contributed by atoms with Crippen molar-refractivity contribution in [1.82, 2.24) is 21.1 Å². The van der Waals surface area contributed by atoms with Gasteiger partial charge in [-0.2, -0.15) is 0 Å². The van der Waals surface area contributed by atoms with Gasteiger partial charge >= 0.3 is 5.91 Å². The van der Waals surface area contributed by atoms with Crippen LogP contribution in [0.4, 0.5) is 0 Å². The molecule has 1 atom stereocenters. The predicted molar refractivity (Wildman–Crippen MR) is 135 cm³/mol. The number of nitrogens with zero attached hydrogens (tertiary/aromatic N) is 1. The minimum Gasteiger partial charge on any atom is -0.451 e. The second-order valence-electron chi connectivity index (χ2n) is 8.68. The number of amides is 4. The molecule has 4 amide bonds. The van der Waals surface area contributed by atoms with Crippen LogP contribution < -0.4 is 16.2 Å². The number of aryl methyl sites for hydroxylation is 1. The summed E-state index contributed by atoms with van der Waals surface area (Å²) in [5.74, 6) is -1.91. The van der Waals surface area contributed by atoms with Crippen LogP contribution in [-0.4, -0.2) is 35.1 Å². The molecule has 186 valence electrons. The quantitative estimate of drug-likeness (QED) is 0.355. The highest BCUT2D eigenvalue weighted by Gasteiger charge is 2.40. The van der Waals surface area contributed by atoms with E-state index in [1.165, 1.54) is 4.90 Å². The van der Waals surface area contributed by atoms with E-state index in [0.717, 1.165) is 10.9 Å². The number of fused-ring (bicyclic) bond motifs is 2. The van der Waals surface area contributed by atoms with Crippen LogP contribution in [0.5, 0.6) is 0 Å². The molecule has 0 radical (unpaired) electrons. The van der Waals surface area contributed by atoms with E-state index < -0.39 is 30.3 Å². The third-order valence-corrected chi connectivity index (χ3v) is 6.29. The molecule has 5 rings (SSSR count). The predicted octanol–water partition coefficient (Wildman–Crippen LogP) is 3.02. The van der Waals surface area contributed by atoms with Gasteiger partial charge in [-0.1, -0.05) is 66.7 Å². The molecule has 3 aromatic carbocycles. The smallest absolute Gasteiger partial charge is 0.305 e. The standard InChI is InChI=1S/C28H24N4O5/c1-17-19-11-7-8-14-22(19)37-25(17)27(35)31-30-23(33)15-29-26(34)24-20-12-5-6-13-21(20)28(36)32(24)16-18-9-3-2-4-10-18/h2-14,24H,15-16H2,1H3,(H,29,34)(H,30,33)(H,31,35)/t24-/m1/s1. The van der Waals surface area contributed by atoms with E-state index in [2.05, 4.69) is 16.2 Å². The highest BCUT2D eigenvalue weighted by molar-refractivity contribution is 6.05. The molecule has 0 bridgehead atoms. The Bertz CT molecular complexity index is 1510. The molecule has 0 aliphatic carbocycles. The molecule has 9 heteroatoms. The summed E-state index contributed by atoms with van der Waals surface area (Å²) in [5, 5.41) is 3.38. The lowest BCUT2D eigenvalue weighted by atomic mass is 10.0. The first kappa shape index (κ1) is 23.8. The highest BCUT2D eigenvalue weighted by atomic mass is 16.3. The van der Waals surface area contributed by atoms with Crippen molar-refractivity contribution in [2.75, 3.05) is 6.54 Å². The third-order valence-electron chi connectivity index (χ3n) is 6.29. The van der Waals surface area contributed by atoms with Crippen LogP contribution in [0.3, 0.4) is 0 Å². The lowest BCUT2D eigenvalue weighted by Crippen LogP contribution is -2.48. The zero-order valence-electron chi connectivity index (χ0n) is 20.0. The summed E-state index contributed by atoms with van der Waals surface area (Å²) in [5.41, 5.74) is 7.72. The normalized spacial score (nSPS) is 14.4. The van der Waals surface area contributed by atoms with E-state index in [1.54, 1.807) is 43.3 Å². The monoisotopic (exact) mass is 496 g/mol. The van der Waals surface area contributed by atoms with Gasteiger partial charge in [0.1, 0.15) is 11.6 Å². The van der Waals surface area contributed by atoms with Crippen LogP contribution >= 0.6 is 0 Å². The summed E-state index contributed by atoms with van der Waals surface area (Å²) in [4.78, 5) is 52.6. The van der Waals surface area contributed by atoms with E-state index >= 15 is 0 Å². The van der Waals surface area contributed by atoms with E-state index in [9.17, 15) is 19.2 Å². The van der Waals surface area contributed by atoms with Gasteiger partial charge in [0.25, 0.3) is 11.8 Å². The van der Waals surface area contributed by atoms with Gasteiger partial charge in [0.15, 0.2) is 5.76 Å². The molecule has 2 heterocycles. The van der Waals surface area contributed by atoms with E-state index in [-0.39, 0.29) is 18.2 Å². The summed E-state index contributed by atoms with van der Waals surface area (Å²) in [7, 11) is 0. The molecule has 9 nitrogen and oxygen atoms in total. The van der Waals surface area contributed by atoms with E-state index in [1.807, 2.05) is 42.5 Å². The molecule has 1 aromatic heterocycles. The molecule has 0 fully saturated rings. The average Bonchev–Trinajstić information content (AvgIpc) is 3.41. The number of nitrogens with one attached hydrogen (secondary N) is 3. The molecule has 4 aromatic rings. The van der Waals surface area contributed by atoms with Gasteiger partial charge in [0.2, 0.25) is 5.91 Å². The lowest BCUT2D eigenvalue weighted by molar-refractivity contribution is -0.129. The first-order valence-electron chi connectivity index (χ1n) is 11.7. The van der Waals surface area contributed by atoms with Crippen LogP contribution in [0.2, 0.25) is 0 Å². The molecule has 0 saturated heterocycles. The third kappa shape index (κ3) is 4.66. The fraction of sp³-hybridized carbons (Fsp3) is 0.143. The second kappa shape index (κ2) is 9.98. The van der Waals surface area contributed by atoms with Crippen molar-refractivity contribution in [1.29, 1.82) is 0 Å². The van der Waals surface area contributed by atoms with Crippen LogP contribution in [0.15, 0.2) is 83.3 Å². The number of rotatable bonds is 6. The average molecular weight is 497 g/mol. The van der Waals surface area contributed by atoms with Crippen molar-refractivity contribution < 1.29 is 23.6 Å². The first-order valence-corrected chi connectivity index (χ1v) is 11.7. The Morgan fingerprint density at radius 2 is 1.59 bits per heavy atom. The second-order valence-corrected chi connectivity index (χ2v) is 8.68. The summed E-state index contributed by atoms with van der Waals surface area (Å²) < 4.78 is 5.59. The molecule has 0 saturated carbocycles. The number of carbonyl (C=O) groups excluding carboxylic acids is 4. The first-order chi connectivity index (χ1) is 17.9. The van der Waals surface area contributed by atoms with Crippen LogP contribution in [0.1, 0.15) is 43.6 Å². The molecular weight excluding hydrogens is 472 g/mol. The number of benzene rings is 3. The lowest BCUT2D eigenvalue weighted by Gasteiger charge is -2.24. The molecule has 3 N–H and O–H groups in total. The Hall–Kier alpha value is -4.92. The number of hydrazine groups is 1. The fourth-order valence-electron chi connectivity index (χ4n) is 4.48. The Balaban J connectivity index is 1.22. The Morgan fingerprint density at radius 1 is 0.892 bits per heavy atom. The van der Waals surface area contributed by atoms with Gasteiger partial charge in [0, 0.05) is 23.1 Å². The molecule has 37 heavy (non-hydrogen) atoms. The Labute approximate surface area is 212 Å². The van der Waals surface area contributed by atoms with Crippen molar-refractivity contribution in [3.8, 4) is 0 Å². The zero-order chi connectivity index (χ0) is 25.9. The minimum atomic E-state index is -0.885. The van der Waals surface area contributed by atoms with Crippen molar-refractivity contribution in [2.24, 2.45) is 0 Å². The topological polar surface area (TPSA) is 121 Å². The van der Waals surface area contributed by atoms with Gasteiger partial charge in [-0.3, -0.25) is 30.0 Å². The molecule has 0 spiro atoms. The summed E-state index contributed by atoms with van der Waals surface area (Å²) in [6.45, 7) is 1.60. The van der Waals surface area contributed by atoms with Crippen LogP contribution in [0.25, 0.3) is 11.0 Å². The van der Waals surface area contributed by atoms with Gasteiger partial charge in [-0.25, -0.2) is 0 Å². The molecule has 0 unspecified atom stereocenters.